The maximum absolute atomic E-state index is 9.12. The van der Waals surface area contributed by atoms with E-state index in [9.17, 15) is 0 Å². The van der Waals surface area contributed by atoms with E-state index in [1.54, 1.807) is 0 Å². The van der Waals surface area contributed by atoms with E-state index >= 15 is 0 Å². The van der Waals surface area contributed by atoms with Gasteiger partial charge in [0.2, 0.25) is 0 Å². The first-order chi connectivity index (χ1) is 5.22. The molecular formula is C8H14N2O. The summed E-state index contributed by atoms with van der Waals surface area (Å²) in [6, 6.07) is 2.26. The third-order valence-corrected chi connectivity index (χ3v) is 2.15. The van der Waals surface area contributed by atoms with Crippen molar-refractivity contribution >= 4 is 0 Å². The number of nitrogens with one attached hydrogen (secondary N) is 1. The standard InChI is InChI=1S/C8H14N2O/c1-2-7(11)10-6-8(5-9)3-4-8/h7,10-11H,2-4,6H2,1H3. The van der Waals surface area contributed by atoms with Crippen molar-refractivity contribution in [1.82, 2.24) is 5.32 Å². The molecule has 0 aromatic carbocycles. The molecule has 3 nitrogen and oxygen atoms in total. The zero-order valence-electron chi connectivity index (χ0n) is 6.80. The average molecular weight is 154 g/mol. The lowest BCUT2D eigenvalue weighted by Gasteiger charge is -2.12. The zero-order chi connectivity index (χ0) is 8.32. The summed E-state index contributed by atoms with van der Waals surface area (Å²) in [4.78, 5) is 0. The number of hydrogen-bond acceptors (Lipinski definition) is 3. The molecule has 62 valence electrons. The van der Waals surface area contributed by atoms with Gasteiger partial charge in [0.25, 0.3) is 0 Å². The second kappa shape index (κ2) is 3.21. The summed E-state index contributed by atoms with van der Waals surface area (Å²) < 4.78 is 0. The summed E-state index contributed by atoms with van der Waals surface area (Å²) >= 11 is 0. The van der Waals surface area contributed by atoms with Crippen molar-refractivity contribution < 1.29 is 5.11 Å². The van der Waals surface area contributed by atoms with Gasteiger partial charge in [-0.3, -0.25) is 5.32 Å². The van der Waals surface area contributed by atoms with Crippen molar-refractivity contribution in [1.29, 1.82) is 5.26 Å². The van der Waals surface area contributed by atoms with Crippen LogP contribution >= 0.6 is 0 Å². The molecule has 0 aromatic rings. The van der Waals surface area contributed by atoms with Gasteiger partial charge in [0.15, 0.2) is 0 Å². The highest BCUT2D eigenvalue weighted by atomic mass is 16.3. The van der Waals surface area contributed by atoms with Gasteiger partial charge in [-0.25, -0.2) is 0 Å². The van der Waals surface area contributed by atoms with Gasteiger partial charge in [0, 0.05) is 6.54 Å². The Bertz CT molecular complexity index is 169. The second-order valence-corrected chi connectivity index (χ2v) is 3.20. The van der Waals surface area contributed by atoms with Crippen molar-refractivity contribution in [3.8, 4) is 6.07 Å². The molecule has 0 bridgehead atoms. The average Bonchev–Trinajstić information content (AvgIpc) is 2.81. The third kappa shape index (κ3) is 2.18. The van der Waals surface area contributed by atoms with E-state index in [-0.39, 0.29) is 5.41 Å². The molecule has 0 spiro atoms. The Labute approximate surface area is 67.0 Å². The van der Waals surface area contributed by atoms with Gasteiger partial charge in [0.1, 0.15) is 6.23 Å². The Morgan fingerprint density at radius 1 is 1.73 bits per heavy atom. The molecule has 1 aliphatic rings. The second-order valence-electron chi connectivity index (χ2n) is 3.20. The van der Waals surface area contributed by atoms with Crippen LogP contribution in [0.1, 0.15) is 26.2 Å². The van der Waals surface area contributed by atoms with E-state index in [0.29, 0.717) is 13.0 Å². The maximum Gasteiger partial charge on any atom is 0.104 e. The van der Waals surface area contributed by atoms with Gasteiger partial charge in [-0.15, -0.1) is 0 Å². The van der Waals surface area contributed by atoms with Crippen molar-refractivity contribution in [3.63, 3.8) is 0 Å². The molecule has 11 heavy (non-hydrogen) atoms. The Kier molecular flexibility index (Phi) is 2.48. The summed E-state index contributed by atoms with van der Waals surface area (Å²) in [6.07, 6.45) is 2.21. The van der Waals surface area contributed by atoms with E-state index in [2.05, 4.69) is 11.4 Å². The molecule has 1 unspecified atom stereocenters. The molecule has 0 amide bonds. The smallest absolute Gasteiger partial charge is 0.104 e. The normalized spacial score (nSPS) is 22.3. The number of aliphatic hydroxyl groups excluding tert-OH is 1. The molecule has 1 saturated carbocycles. The molecule has 0 aromatic heterocycles. The van der Waals surface area contributed by atoms with Crippen LogP contribution < -0.4 is 5.32 Å². The fourth-order valence-electron chi connectivity index (χ4n) is 0.937. The molecule has 0 radical (unpaired) electrons. The van der Waals surface area contributed by atoms with Gasteiger partial charge < -0.3 is 5.11 Å². The van der Waals surface area contributed by atoms with Crippen molar-refractivity contribution in [2.45, 2.75) is 32.4 Å². The first-order valence-electron chi connectivity index (χ1n) is 4.05. The van der Waals surface area contributed by atoms with Gasteiger partial charge in [-0.1, -0.05) is 6.92 Å². The highest BCUT2D eigenvalue weighted by Gasteiger charge is 2.42. The van der Waals surface area contributed by atoms with E-state index in [0.717, 1.165) is 12.8 Å². The first kappa shape index (κ1) is 8.51. The fourth-order valence-corrected chi connectivity index (χ4v) is 0.937. The van der Waals surface area contributed by atoms with E-state index in [1.807, 2.05) is 6.92 Å². The number of nitriles is 1. The lowest BCUT2D eigenvalue weighted by atomic mass is 10.1. The summed E-state index contributed by atoms with van der Waals surface area (Å²) in [5.41, 5.74) is -0.143. The van der Waals surface area contributed by atoms with E-state index in [4.69, 9.17) is 10.4 Å². The van der Waals surface area contributed by atoms with Gasteiger partial charge in [-0.2, -0.15) is 5.26 Å². The highest BCUT2D eigenvalue weighted by molar-refractivity contribution is 5.10. The number of rotatable bonds is 4. The third-order valence-electron chi connectivity index (χ3n) is 2.15. The maximum atomic E-state index is 9.12. The topological polar surface area (TPSA) is 56.0 Å². The lowest BCUT2D eigenvalue weighted by molar-refractivity contribution is 0.128. The summed E-state index contributed by atoms with van der Waals surface area (Å²) in [7, 11) is 0. The zero-order valence-corrected chi connectivity index (χ0v) is 6.80. The minimum Gasteiger partial charge on any atom is -0.379 e. The Morgan fingerprint density at radius 3 is 2.73 bits per heavy atom. The summed E-state index contributed by atoms with van der Waals surface area (Å²) in [5, 5.41) is 20.7. The number of hydrogen-bond donors (Lipinski definition) is 2. The van der Waals surface area contributed by atoms with Crippen LogP contribution in [0.4, 0.5) is 0 Å². The molecule has 3 heteroatoms. The summed E-state index contributed by atoms with van der Waals surface area (Å²) in [6.45, 7) is 2.54. The molecular weight excluding hydrogens is 140 g/mol. The monoisotopic (exact) mass is 154 g/mol. The molecule has 1 atom stereocenters. The van der Waals surface area contributed by atoms with E-state index < -0.39 is 6.23 Å². The Balaban J connectivity index is 2.18. The molecule has 2 N–H and O–H groups in total. The van der Waals surface area contributed by atoms with Crippen LogP contribution in [0.5, 0.6) is 0 Å². The van der Waals surface area contributed by atoms with Crippen LogP contribution in [-0.4, -0.2) is 17.9 Å². The summed E-state index contributed by atoms with van der Waals surface area (Å²) in [5.74, 6) is 0. The quantitative estimate of drug-likeness (QED) is 0.583. The molecule has 1 rings (SSSR count). The van der Waals surface area contributed by atoms with Crippen LogP contribution in [0.15, 0.2) is 0 Å². The van der Waals surface area contributed by atoms with E-state index in [1.165, 1.54) is 0 Å². The van der Waals surface area contributed by atoms with Crippen LogP contribution in [0.25, 0.3) is 0 Å². The molecule has 1 aliphatic carbocycles. The van der Waals surface area contributed by atoms with Crippen molar-refractivity contribution in [2.24, 2.45) is 5.41 Å². The fraction of sp³-hybridized carbons (Fsp3) is 0.875. The number of nitrogens with zero attached hydrogens (tertiary/aromatic N) is 1. The Morgan fingerprint density at radius 2 is 2.36 bits per heavy atom. The molecule has 0 aliphatic heterocycles. The van der Waals surface area contributed by atoms with Gasteiger partial charge in [0.05, 0.1) is 11.5 Å². The lowest BCUT2D eigenvalue weighted by Crippen LogP contribution is -2.32. The molecule has 1 fully saturated rings. The van der Waals surface area contributed by atoms with Gasteiger partial charge >= 0.3 is 0 Å². The SMILES string of the molecule is CCC(O)NCC1(C#N)CC1. The largest absolute Gasteiger partial charge is 0.379 e. The first-order valence-corrected chi connectivity index (χ1v) is 4.05. The molecule has 0 saturated heterocycles. The highest BCUT2D eigenvalue weighted by Crippen LogP contribution is 2.44. The van der Waals surface area contributed by atoms with Crippen molar-refractivity contribution in [2.75, 3.05) is 6.54 Å². The van der Waals surface area contributed by atoms with Crippen molar-refractivity contribution in [3.05, 3.63) is 0 Å². The Hall–Kier alpha value is -0.590. The van der Waals surface area contributed by atoms with Crippen LogP contribution in [0.2, 0.25) is 0 Å². The predicted octanol–water partition coefficient (Wildman–Crippen LogP) is 0.608. The van der Waals surface area contributed by atoms with Crippen LogP contribution in [-0.2, 0) is 0 Å². The molecule has 0 heterocycles. The minimum atomic E-state index is -0.444. The minimum absolute atomic E-state index is 0.143. The number of aliphatic hydroxyl groups is 1. The van der Waals surface area contributed by atoms with Crippen LogP contribution in [0.3, 0.4) is 0 Å². The predicted molar refractivity (Wildman–Crippen MR) is 41.6 cm³/mol. The van der Waals surface area contributed by atoms with Crippen LogP contribution in [0, 0.1) is 16.7 Å². The van der Waals surface area contributed by atoms with Gasteiger partial charge in [-0.05, 0) is 19.3 Å².